The molecule has 0 radical (unpaired) electrons. The molecule has 0 amide bonds. The highest BCUT2D eigenvalue weighted by molar-refractivity contribution is 7.89. The van der Waals surface area contributed by atoms with Crippen molar-refractivity contribution in [3.05, 3.63) is 70.3 Å². The van der Waals surface area contributed by atoms with Gasteiger partial charge in [0.1, 0.15) is 5.75 Å². The standard InChI is InChI=1S/C34H43ClN2O6S/c1-21-22(4-2-6-32(21)44(36,41)42)8-13-30(38)27-11-7-25(27)18-37-19-34(15-3-5-23-16-26(35)10-12-28(23)34)20-43-31-14-9-24(33(39)40)17-29(31)37/h8-10,12-14,16-17,21-22,25,27,30,32,38H,2-7,11,15,18-20H2,1H3,(H,39,40)(H2,36,41,42)/b13-8+/t21-,22-,25+,27-,30+,32+,34+/m1/s1. The van der Waals surface area contributed by atoms with Gasteiger partial charge in [-0.05, 0) is 110 Å². The zero-order valence-corrected chi connectivity index (χ0v) is 26.8. The van der Waals surface area contributed by atoms with Gasteiger partial charge in [-0.25, -0.2) is 18.4 Å². The number of carboxylic acids is 1. The van der Waals surface area contributed by atoms with Crippen molar-refractivity contribution in [1.29, 1.82) is 0 Å². The zero-order valence-electron chi connectivity index (χ0n) is 25.2. The maximum Gasteiger partial charge on any atom is 0.335 e. The quantitative estimate of drug-likeness (QED) is 0.338. The van der Waals surface area contributed by atoms with Crippen LogP contribution in [0.2, 0.25) is 5.02 Å². The van der Waals surface area contributed by atoms with Crippen LogP contribution in [0.25, 0.3) is 0 Å². The summed E-state index contributed by atoms with van der Waals surface area (Å²) in [4.78, 5) is 14.2. The number of sulfonamides is 1. The van der Waals surface area contributed by atoms with E-state index in [1.807, 2.05) is 25.1 Å². The fourth-order valence-electron chi connectivity index (χ4n) is 8.29. The molecule has 2 aromatic rings. The number of anilines is 1. The highest BCUT2D eigenvalue weighted by Crippen LogP contribution is 2.47. The predicted octanol–water partition coefficient (Wildman–Crippen LogP) is 5.55. The number of nitrogens with zero attached hydrogens (tertiary/aromatic N) is 1. The SMILES string of the molecule is C[C@@H]1[C@@H](/C=C/[C@H](O)[C@@H]2CC[C@H]2CN2C[C@@]3(CCCc4cc(Cl)ccc43)COc3ccc(C(=O)O)cc32)CCC[C@@H]1S(N)(=O)=O. The molecule has 1 aliphatic heterocycles. The van der Waals surface area contributed by atoms with E-state index in [1.54, 1.807) is 18.2 Å². The van der Waals surface area contributed by atoms with Gasteiger partial charge in [-0.2, -0.15) is 0 Å². The maximum absolute atomic E-state index is 12.1. The van der Waals surface area contributed by atoms with Crippen molar-refractivity contribution in [2.75, 3.05) is 24.6 Å². The number of aliphatic hydroxyl groups is 1. The van der Waals surface area contributed by atoms with Gasteiger partial charge in [-0.15, -0.1) is 0 Å². The van der Waals surface area contributed by atoms with Gasteiger partial charge < -0.3 is 19.8 Å². The fraction of sp³-hybridized carbons (Fsp3) is 0.559. The number of aromatic carboxylic acids is 1. The number of hydrogen-bond acceptors (Lipinski definition) is 6. The van der Waals surface area contributed by atoms with Gasteiger partial charge in [-0.3, -0.25) is 0 Å². The third kappa shape index (κ3) is 6.13. The number of halogens is 1. The summed E-state index contributed by atoms with van der Waals surface area (Å²) < 4.78 is 30.7. The second-order valence-corrected chi connectivity index (χ2v) is 15.8. The fourth-order valence-corrected chi connectivity index (χ4v) is 9.78. The summed E-state index contributed by atoms with van der Waals surface area (Å²) in [6.45, 7) is 3.80. The molecule has 2 saturated carbocycles. The maximum atomic E-state index is 12.1. The molecule has 6 rings (SSSR count). The van der Waals surface area contributed by atoms with Crippen LogP contribution in [0.15, 0.2) is 48.6 Å². The van der Waals surface area contributed by atoms with Crippen molar-refractivity contribution < 1.29 is 28.2 Å². The molecule has 8 nitrogen and oxygen atoms in total. The minimum absolute atomic E-state index is 0.0582. The van der Waals surface area contributed by atoms with Gasteiger partial charge in [0, 0.05) is 23.5 Å². The lowest BCUT2D eigenvalue weighted by atomic mass is 9.68. The molecule has 238 valence electrons. The Balaban J connectivity index is 1.24. The van der Waals surface area contributed by atoms with E-state index in [0.717, 1.165) is 55.7 Å². The number of allylic oxidation sites excluding steroid dienone is 1. The summed E-state index contributed by atoms with van der Waals surface area (Å²) in [7, 11) is -3.61. The summed E-state index contributed by atoms with van der Waals surface area (Å²) in [5.41, 5.74) is 3.22. The molecular weight excluding hydrogens is 600 g/mol. The van der Waals surface area contributed by atoms with Crippen molar-refractivity contribution in [2.24, 2.45) is 28.8 Å². The minimum atomic E-state index is -3.61. The number of carbonyl (C=O) groups is 1. The first kappa shape index (κ1) is 31.4. The van der Waals surface area contributed by atoms with Crippen LogP contribution in [0.1, 0.15) is 73.4 Å². The third-order valence-electron chi connectivity index (χ3n) is 10.9. The number of carboxylic acid groups (broad SMARTS) is 1. The van der Waals surface area contributed by atoms with Gasteiger partial charge in [0.05, 0.1) is 29.2 Å². The Morgan fingerprint density at radius 1 is 1.18 bits per heavy atom. The largest absolute Gasteiger partial charge is 0.490 e. The number of nitrogens with two attached hydrogens (primary N) is 1. The molecule has 0 aromatic heterocycles. The Labute approximate surface area is 265 Å². The second-order valence-electron chi connectivity index (χ2n) is 13.6. The molecule has 0 saturated heterocycles. The van der Waals surface area contributed by atoms with Gasteiger partial charge in [-0.1, -0.05) is 43.2 Å². The van der Waals surface area contributed by atoms with Crippen LogP contribution < -0.4 is 14.8 Å². The number of benzene rings is 2. The van der Waals surface area contributed by atoms with Gasteiger partial charge in [0.2, 0.25) is 10.0 Å². The summed E-state index contributed by atoms with van der Waals surface area (Å²) in [5.74, 6) is -0.0684. The highest BCUT2D eigenvalue weighted by atomic mass is 35.5. The summed E-state index contributed by atoms with van der Waals surface area (Å²) in [6.07, 6.45) is 10.3. The van der Waals surface area contributed by atoms with Gasteiger partial charge in [0.25, 0.3) is 0 Å². The van der Waals surface area contributed by atoms with E-state index < -0.39 is 27.3 Å². The number of aryl methyl sites for hydroxylation is 1. The van der Waals surface area contributed by atoms with E-state index in [2.05, 4.69) is 17.0 Å². The number of aliphatic hydroxyl groups excluding tert-OH is 1. The molecule has 2 aromatic carbocycles. The lowest BCUT2D eigenvalue weighted by molar-refractivity contribution is 0.0452. The van der Waals surface area contributed by atoms with E-state index >= 15 is 0 Å². The molecule has 2 fully saturated rings. The van der Waals surface area contributed by atoms with Crippen molar-refractivity contribution in [3.8, 4) is 5.75 Å². The number of primary sulfonamides is 1. The summed E-state index contributed by atoms with van der Waals surface area (Å²) in [6, 6.07) is 11.2. The first-order chi connectivity index (χ1) is 20.9. The summed E-state index contributed by atoms with van der Waals surface area (Å²) in [5, 5.41) is 26.8. The van der Waals surface area contributed by atoms with Gasteiger partial charge >= 0.3 is 5.97 Å². The van der Waals surface area contributed by atoms with Crippen LogP contribution in [-0.4, -0.2) is 55.7 Å². The molecule has 4 aliphatic rings. The Bertz CT molecular complexity index is 1550. The molecule has 3 aliphatic carbocycles. The van der Waals surface area contributed by atoms with Crippen LogP contribution in [0.3, 0.4) is 0 Å². The van der Waals surface area contributed by atoms with E-state index in [9.17, 15) is 23.4 Å². The van der Waals surface area contributed by atoms with Crippen LogP contribution in [0.5, 0.6) is 5.75 Å². The van der Waals surface area contributed by atoms with Crippen molar-refractivity contribution in [3.63, 3.8) is 0 Å². The molecular formula is C34H43ClN2O6S. The van der Waals surface area contributed by atoms with Gasteiger partial charge in [0.15, 0.2) is 0 Å². The molecule has 4 N–H and O–H groups in total. The van der Waals surface area contributed by atoms with Crippen LogP contribution >= 0.6 is 11.6 Å². The van der Waals surface area contributed by atoms with E-state index in [-0.39, 0.29) is 34.7 Å². The van der Waals surface area contributed by atoms with Crippen LogP contribution in [0.4, 0.5) is 5.69 Å². The van der Waals surface area contributed by atoms with Crippen molar-refractivity contribution in [1.82, 2.24) is 0 Å². The van der Waals surface area contributed by atoms with Crippen molar-refractivity contribution >= 4 is 33.3 Å². The summed E-state index contributed by atoms with van der Waals surface area (Å²) >= 11 is 6.38. The van der Waals surface area contributed by atoms with Crippen molar-refractivity contribution in [2.45, 2.75) is 75.1 Å². The zero-order chi connectivity index (χ0) is 31.2. The Morgan fingerprint density at radius 2 is 2.00 bits per heavy atom. The minimum Gasteiger partial charge on any atom is -0.490 e. The Kier molecular flexibility index (Phi) is 8.78. The average Bonchev–Trinajstić information content (AvgIpc) is 3.11. The lowest BCUT2D eigenvalue weighted by Gasteiger charge is -2.45. The molecule has 1 heterocycles. The Morgan fingerprint density at radius 3 is 2.73 bits per heavy atom. The molecule has 0 unspecified atom stereocenters. The normalized spacial score (nSPS) is 31.0. The molecule has 10 heteroatoms. The smallest absolute Gasteiger partial charge is 0.335 e. The average molecular weight is 643 g/mol. The Hall–Kier alpha value is -2.59. The number of hydrogen-bond donors (Lipinski definition) is 3. The first-order valence-corrected chi connectivity index (χ1v) is 17.9. The number of rotatable bonds is 7. The lowest BCUT2D eigenvalue weighted by Crippen LogP contribution is -2.49. The molecule has 1 spiro atoms. The number of ether oxygens (including phenoxy) is 1. The topological polar surface area (TPSA) is 130 Å². The molecule has 44 heavy (non-hydrogen) atoms. The monoisotopic (exact) mass is 642 g/mol. The van der Waals surface area contributed by atoms with Crippen LogP contribution in [0, 0.1) is 23.7 Å². The van der Waals surface area contributed by atoms with E-state index in [0.29, 0.717) is 31.9 Å². The van der Waals surface area contributed by atoms with E-state index in [4.69, 9.17) is 21.5 Å². The predicted molar refractivity (Wildman–Crippen MR) is 172 cm³/mol. The second kappa shape index (κ2) is 12.3. The van der Waals surface area contributed by atoms with E-state index in [1.165, 1.54) is 11.1 Å². The molecule has 7 atom stereocenters. The first-order valence-electron chi connectivity index (χ1n) is 15.9. The molecule has 0 bridgehead atoms. The third-order valence-corrected chi connectivity index (χ3v) is 12.7. The highest BCUT2D eigenvalue weighted by Gasteiger charge is 2.44. The number of fused-ring (bicyclic) bond motifs is 3. The van der Waals surface area contributed by atoms with Crippen LogP contribution in [-0.2, 0) is 21.9 Å².